The molecule has 2 aromatic carbocycles. The Labute approximate surface area is 232 Å². The van der Waals surface area contributed by atoms with E-state index in [1.807, 2.05) is 35.2 Å². The van der Waals surface area contributed by atoms with Crippen LogP contribution in [0, 0.1) is 5.92 Å². The van der Waals surface area contributed by atoms with E-state index in [0.717, 1.165) is 18.4 Å². The molecule has 0 spiro atoms. The second-order valence-corrected chi connectivity index (χ2v) is 10.8. The Morgan fingerprint density at radius 2 is 1.84 bits per heavy atom. The van der Waals surface area contributed by atoms with Gasteiger partial charge < -0.3 is 26.2 Å². The Morgan fingerprint density at radius 1 is 1.13 bits per heavy atom. The van der Waals surface area contributed by atoms with Crippen molar-refractivity contribution in [3.8, 4) is 5.88 Å². The number of nitrogens with zero attached hydrogens (tertiary/aromatic N) is 3. The maximum Gasteiger partial charge on any atom is 0.222 e. The summed E-state index contributed by atoms with van der Waals surface area (Å²) in [7, 11) is 0. The van der Waals surface area contributed by atoms with Gasteiger partial charge in [-0.3, -0.25) is 4.79 Å². The molecule has 1 aliphatic heterocycles. The van der Waals surface area contributed by atoms with Crippen LogP contribution in [0.25, 0.3) is 11.3 Å². The fourth-order valence-corrected chi connectivity index (χ4v) is 4.63. The van der Waals surface area contributed by atoms with Crippen LogP contribution in [-0.4, -0.2) is 46.3 Å². The van der Waals surface area contributed by atoms with Gasteiger partial charge in [-0.1, -0.05) is 53.5 Å². The van der Waals surface area contributed by atoms with Crippen molar-refractivity contribution in [2.45, 2.75) is 32.3 Å². The van der Waals surface area contributed by atoms with Crippen LogP contribution in [0.4, 0.5) is 5.82 Å². The third-order valence-electron chi connectivity index (χ3n) is 6.20. The van der Waals surface area contributed by atoms with Crippen molar-refractivity contribution in [3.63, 3.8) is 0 Å². The third-order valence-corrected chi connectivity index (χ3v) is 6.78. The average Bonchev–Trinajstić information content (AvgIpc) is 2.88. The number of amides is 1. The molecule has 8 nitrogen and oxygen atoms in total. The largest absolute Gasteiger partial charge is 0.474 e. The van der Waals surface area contributed by atoms with Crippen LogP contribution in [0.15, 0.2) is 54.6 Å². The van der Waals surface area contributed by atoms with E-state index < -0.39 is 5.60 Å². The minimum atomic E-state index is -1.08. The van der Waals surface area contributed by atoms with E-state index in [0.29, 0.717) is 51.6 Å². The number of hydrogen-bond acceptors (Lipinski definition) is 7. The number of aromatic nitrogens is 2. The molecule has 1 atom stereocenters. The molecule has 38 heavy (non-hydrogen) atoms. The minimum Gasteiger partial charge on any atom is -0.474 e. The van der Waals surface area contributed by atoms with Crippen LogP contribution in [0.1, 0.15) is 43.6 Å². The van der Waals surface area contributed by atoms with E-state index in [-0.39, 0.29) is 24.3 Å². The molecular formula is C28H31Cl2N5O3. The van der Waals surface area contributed by atoms with Crippen molar-refractivity contribution in [1.82, 2.24) is 9.97 Å². The summed E-state index contributed by atoms with van der Waals surface area (Å²) < 4.78 is 5.90. The normalized spacial score (nSPS) is 16.7. The number of piperidine rings is 1. The summed E-state index contributed by atoms with van der Waals surface area (Å²) in [5.41, 5.74) is 13.5. The molecule has 1 aliphatic rings. The van der Waals surface area contributed by atoms with Crippen LogP contribution in [0.3, 0.4) is 0 Å². The van der Waals surface area contributed by atoms with Gasteiger partial charge in [0.15, 0.2) is 5.82 Å². The smallest absolute Gasteiger partial charge is 0.222 e. The highest BCUT2D eigenvalue weighted by molar-refractivity contribution is 6.32. The van der Waals surface area contributed by atoms with Crippen molar-refractivity contribution in [2.75, 3.05) is 24.6 Å². The Morgan fingerprint density at radius 3 is 2.50 bits per heavy atom. The van der Waals surface area contributed by atoms with Gasteiger partial charge in [-0.15, -0.1) is 0 Å². The van der Waals surface area contributed by atoms with Gasteiger partial charge in [-0.25, -0.2) is 4.98 Å². The SMILES string of the molecule is CC(C)(O)COc1cc(N2CCCC(C(N)=O)C2)nc(/C(=C(\N)c2ccccc2Cl)c2ccc(Cl)cc2)n1. The molecule has 10 heteroatoms. The van der Waals surface area contributed by atoms with Crippen molar-refractivity contribution in [3.05, 3.63) is 81.6 Å². The van der Waals surface area contributed by atoms with E-state index in [2.05, 4.69) is 4.98 Å². The zero-order valence-electron chi connectivity index (χ0n) is 21.3. The number of hydrogen-bond donors (Lipinski definition) is 3. The first-order valence-electron chi connectivity index (χ1n) is 12.3. The molecule has 1 aromatic heterocycles. The first kappa shape index (κ1) is 27.7. The summed E-state index contributed by atoms with van der Waals surface area (Å²) in [5.74, 6) is 0.487. The Hall–Kier alpha value is -3.33. The van der Waals surface area contributed by atoms with E-state index >= 15 is 0 Å². The van der Waals surface area contributed by atoms with Crippen molar-refractivity contribution < 1.29 is 14.6 Å². The van der Waals surface area contributed by atoms with Crippen LogP contribution in [0.2, 0.25) is 10.0 Å². The van der Waals surface area contributed by atoms with Crippen LogP contribution >= 0.6 is 23.2 Å². The molecule has 5 N–H and O–H groups in total. The Kier molecular flexibility index (Phi) is 8.45. The average molecular weight is 556 g/mol. The summed E-state index contributed by atoms with van der Waals surface area (Å²) in [6, 6.07) is 16.1. The number of nitrogens with two attached hydrogens (primary N) is 2. The highest BCUT2D eigenvalue weighted by Crippen LogP contribution is 2.34. The first-order valence-corrected chi connectivity index (χ1v) is 13.1. The van der Waals surface area contributed by atoms with Gasteiger partial charge in [-0.2, -0.15) is 4.98 Å². The van der Waals surface area contributed by atoms with Crippen molar-refractivity contribution in [2.24, 2.45) is 17.4 Å². The van der Waals surface area contributed by atoms with Crippen molar-refractivity contribution >= 4 is 46.2 Å². The van der Waals surface area contributed by atoms with E-state index in [1.54, 1.807) is 38.1 Å². The number of primary amides is 1. The molecule has 3 aromatic rings. The van der Waals surface area contributed by atoms with E-state index in [4.69, 9.17) is 44.4 Å². The molecule has 0 radical (unpaired) electrons. The Balaban J connectivity index is 1.90. The lowest BCUT2D eigenvalue weighted by atomic mass is 9.97. The number of carbonyl (C=O) groups is 1. The number of ether oxygens (including phenoxy) is 1. The highest BCUT2D eigenvalue weighted by atomic mass is 35.5. The molecule has 1 unspecified atom stereocenters. The molecule has 0 bridgehead atoms. The lowest BCUT2D eigenvalue weighted by molar-refractivity contribution is -0.122. The molecule has 200 valence electrons. The number of anilines is 1. The van der Waals surface area contributed by atoms with E-state index in [9.17, 15) is 9.90 Å². The second-order valence-electron chi connectivity index (χ2n) is 9.95. The molecule has 0 saturated carbocycles. The predicted octanol–water partition coefficient (Wildman–Crippen LogP) is 4.51. The highest BCUT2D eigenvalue weighted by Gasteiger charge is 2.27. The summed E-state index contributed by atoms with van der Waals surface area (Å²) >= 11 is 12.7. The molecule has 2 heterocycles. The van der Waals surface area contributed by atoms with Gasteiger partial charge in [-0.05, 0) is 50.5 Å². The monoisotopic (exact) mass is 555 g/mol. The summed E-state index contributed by atoms with van der Waals surface area (Å²) in [6.45, 7) is 4.41. The predicted molar refractivity (Wildman–Crippen MR) is 151 cm³/mol. The summed E-state index contributed by atoms with van der Waals surface area (Å²) in [5, 5.41) is 11.3. The fraction of sp³-hybridized carbons (Fsp3) is 0.321. The number of rotatable bonds is 8. The summed E-state index contributed by atoms with van der Waals surface area (Å²) in [6.07, 6.45) is 1.51. The van der Waals surface area contributed by atoms with Gasteiger partial charge in [0, 0.05) is 34.8 Å². The lowest BCUT2D eigenvalue weighted by Gasteiger charge is -2.32. The second kappa shape index (κ2) is 11.6. The first-order chi connectivity index (χ1) is 18.0. The maximum atomic E-state index is 11.9. The molecule has 1 saturated heterocycles. The van der Waals surface area contributed by atoms with Gasteiger partial charge in [0.2, 0.25) is 11.8 Å². The third kappa shape index (κ3) is 6.75. The molecular weight excluding hydrogens is 525 g/mol. The van der Waals surface area contributed by atoms with Crippen LogP contribution in [0.5, 0.6) is 5.88 Å². The zero-order chi connectivity index (χ0) is 27.4. The zero-order valence-corrected chi connectivity index (χ0v) is 22.8. The van der Waals surface area contributed by atoms with E-state index in [1.165, 1.54) is 0 Å². The van der Waals surface area contributed by atoms with Gasteiger partial charge >= 0.3 is 0 Å². The topological polar surface area (TPSA) is 128 Å². The number of aliphatic hydroxyl groups is 1. The number of halogens is 2. The standard InChI is InChI=1S/C28H31Cl2N5O3/c1-28(2,37)16-38-23-14-22(35-13-5-6-18(15-35)26(32)36)33-27(34-23)24(17-9-11-19(29)12-10-17)25(31)20-7-3-4-8-21(20)30/h3-4,7-12,14,18,37H,5-6,13,15-16,31H2,1-2H3,(H2,32,36)/b25-24-. The minimum absolute atomic E-state index is 0.00674. The van der Waals surface area contributed by atoms with Crippen LogP contribution in [-0.2, 0) is 4.79 Å². The molecule has 4 rings (SSSR count). The molecule has 1 amide bonds. The van der Waals surface area contributed by atoms with Gasteiger partial charge in [0.1, 0.15) is 12.4 Å². The quantitative estimate of drug-likeness (QED) is 0.349. The molecule has 0 aliphatic carbocycles. The summed E-state index contributed by atoms with van der Waals surface area (Å²) in [4.78, 5) is 23.5. The maximum absolute atomic E-state index is 11.9. The van der Waals surface area contributed by atoms with Gasteiger partial charge in [0.05, 0.1) is 22.8 Å². The van der Waals surface area contributed by atoms with Gasteiger partial charge in [0.25, 0.3) is 0 Å². The van der Waals surface area contributed by atoms with Crippen molar-refractivity contribution in [1.29, 1.82) is 0 Å². The Bertz CT molecular complexity index is 1340. The fourth-order valence-electron chi connectivity index (χ4n) is 4.26. The van der Waals surface area contributed by atoms with Crippen LogP contribution < -0.4 is 21.1 Å². The lowest BCUT2D eigenvalue weighted by Crippen LogP contribution is -2.41. The number of benzene rings is 2. The molecule has 1 fully saturated rings. The number of carbonyl (C=O) groups excluding carboxylic acids is 1.